The van der Waals surface area contributed by atoms with Crippen LogP contribution >= 0.6 is 0 Å². The predicted octanol–water partition coefficient (Wildman–Crippen LogP) is -1.38. The van der Waals surface area contributed by atoms with E-state index < -0.39 is 96.4 Å². The maximum atomic E-state index is 13.9. The molecule has 10 atom stereocenters. The maximum Gasteiger partial charge on any atom is 0.239 e. The summed E-state index contributed by atoms with van der Waals surface area (Å²) in [5.41, 5.74) is -1.14. The van der Waals surface area contributed by atoms with Gasteiger partial charge in [-0.1, -0.05) is 0 Å². The third kappa shape index (κ3) is 5.63. The zero-order chi connectivity index (χ0) is 32.0. The van der Waals surface area contributed by atoms with E-state index in [9.17, 15) is 50.8 Å². The van der Waals surface area contributed by atoms with E-state index in [4.69, 9.17) is 28.1 Å². The van der Waals surface area contributed by atoms with Crippen molar-refractivity contribution in [3.63, 3.8) is 0 Å². The van der Waals surface area contributed by atoms with Gasteiger partial charge in [0.15, 0.2) is 29.7 Å². The van der Waals surface area contributed by atoms with Gasteiger partial charge in [-0.15, -0.1) is 0 Å². The second kappa shape index (κ2) is 12.4. The van der Waals surface area contributed by atoms with Gasteiger partial charge in [0.25, 0.3) is 0 Å². The Morgan fingerprint density at radius 1 is 0.818 bits per heavy atom. The van der Waals surface area contributed by atoms with Crippen LogP contribution in [0.3, 0.4) is 0 Å². The Bertz CT molecular complexity index is 1560. The van der Waals surface area contributed by atoms with Gasteiger partial charge in [0, 0.05) is 17.7 Å². The summed E-state index contributed by atoms with van der Waals surface area (Å²) in [6.45, 7) is 0.566. The summed E-state index contributed by atoms with van der Waals surface area (Å²) >= 11 is 0. The molecule has 0 radical (unpaired) electrons. The minimum Gasteiger partial charge on any atom is -0.507 e. The molecule has 44 heavy (non-hydrogen) atoms. The van der Waals surface area contributed by atoms with Gasteiger partial charge in [-0.25, -0.2) is 0 Å². The van der Waals surface area contributed by atoms with E-state index in [0.717, 1.165) is 18.2 Å². The third-order valence-corrected chi connectivity index (χ3v) is 7.54. The first-order chi connectivity index (χ1) is 20.9. The molecule has 0 saturated carbocycles. The highest BCUT2D eigenvalue weighted by molar-refractivity contribution is 5.88. The van der Waals surface area contributed by atoms with E-state index >= 15 is 0 Å². The number of fused-ring (bicyclic) bond motifs is 1. The number of aliphatic hydroxyl groups excluding tert-OH is 6. The monoisotopic (exact) mass is 624 g/mol. The number of aromatic hydroxyl groups is 3. The highest BCUT2D eigenvalue weighted by Gasteiger charge is 2.51. The molecule has 0 bridgehead atoms. The first kappa shape index (κ1) is 31.7. The molecule has 2 saturated heterocycles. The molecule has 2 aromatic carbocycles. The molecule has 0 aliphatic carbocycles. The topological polar surface area (TPSA) is 258 Å². The highest BCUT2D eigenvalue weighted by Crippen LogP contribution is 2.40. The second-order valence-corrected chi connectivity index (χ2v) is 10.4. The van der Waals surface area contributed by atoms with Crippen LogP contribution in [0.5, 0.6) is 28.7 Å². The van der Waals surface area contributed by atoms with Crippen LogP contribution < -0.4 is 14.9 Å². The van der Waals surface area contributed by atoms with Crippen LogP contribution in [0, 0.1) is 0 Å². The lowest BCUT2D eigenvalue weighted by Gasteiger charge is -2.45. The molecule has 3 heterocycles. The number of phenolic OH excluding ortho intramolecular Hbond substituents is 3. The molecular formula is C28H32O16. The fraction of sp³-hybridized carbons (Fsp3) is 0.464. The normalized spacial score (nSPS) is 32.5. The number of ether oxygens (including phenoxy) is 5. The van der Waals surface area contributed by atoms with Crippen LogP contribution in [0.25, 0.3) is 22.3 Å². The van der Waals surface area contributed by atoms with Crippen molar-refractivity contribution in [1.82, 2.24) is 0 Å². The molecule has 2 aliphatic rings. The third-order valence-electron chi connectivity index (χ3n) is 7.54. The fourth-order valence-corrected chi connectivity index (χ4v) is 5.03. The predicted molar refractivity (Wildman–Crippen MR) is 145 cm³/mol. The van der Waals surface area contributed by atoms with E-state index in [1.165, 1.54) is 26.2 Å². The van der Waals surface area contributed by atoms with Gasteiger partial charge in [-0.2, -0.15) is 0 Å². The zero-order valence-electron chi connectivity index (χ0n) is 23.3. The Morgan fingerprint density at radius 3 is 2.20 bits per heavy atom. The van der Waals surface area contributed by atoms with Crippen molar-refractivity contribution in [3.05, 3.63) is 40.6 Å². The Balaban J connectivity index is 1.63. The summed E-state index contributed by atoms with van der Waals surface area (Å²) in [6.07, 6.45) is -16.5. The van der Waals surface area contributed by atoms with Crippen molar-refractivity contribution in [3.8, 4) is 40.1 Å². The summed E-state index contributed by atoms with van der Waals surface area (Å²) in [5.74, 6) is -2.51. The van der Waals surface area contributed by atoms with Crippen LogP contribution in [0.2, 0.25) is 0 Å². The van der Waals surface area contributed by atoms with Gasteiger partial charge in [0.2, 0.25) is 17.5 Å². The van der Waals surface area contributed by atoms with E-state index in [1.54, 1.807) is 0 Å². The molecule has 5 rings (SSSR count). The number of hydrogen-bond donors (Lipinski definition) is 9. The van der Waals surface area contributed by atoms with Crippen LogP contribution in [-0.4, -0.2) is 121 Å². The fourth-order valence-electron chi connectivity index (χ4n) is 5.03. The molecule has 3 aromatic rings. The molecule has 240 valence electrons. The van der Waals surface area contributed by atoms with Gasteiger partial charge in [-0.05, 0) is 25.1 Å². The minimum atomic E-state index is -1.90. The number of benzene rings is 2. The van der Waals surface area contributed by atoms with Gasteiger partial charge in [-0.3, -0.25) is 4.79 Å². The average molecular weight is 625 g/mol. The van der Waals surface area contributed by atoms with E-state index in [-0.39, 0.29) is 28.0 Å². The largest absolute Gasteiger partial charge is 0.507 e. The molecule has 0 amide bonds. The molecule has 9 N–H and O–H groups in total. The summed E-state index contributed by atoms with van der Waals surface area (Å²) in [7, 11) is 1.32. The minimum absolute atomic E-state index is 0.00106. The standard InChI is InChI=1S/C28H32O16/c1-9-18(33)21(36)23(38)27(40-9)44-26-22(37)19(34)16(8-29)42-28(26)43-25-20(35)17-14(32)6-11(39-2)7-15(17)41-24(25)10-3-4-12(30)13(31)5-10/h3-7,9,16,18-19,21-23,26-34,36-38H,8H2,1-2H3/t9?,16?,18-,19+,21?,22?,23-,26?,27-,28-/m0/s1. The Labute approximate surface area is 248 Å². The van der Waals surface area contributed by atoms with E-state index in [0.29, 0.717) is 0 Å². The first-order valence-corrected chi connectivity index (χ1v) is 13.4. The Hall–Kier alpha value is -3.71. The zero-order valence-corrected chi connectivity index (χ0v) is 23.3. The Kier molecular flexibility index (Phi) is 8.90. The van der Waals surface area contributed by atoms with Gasteiger partial charge >= 0.3 is 0 Å². The lowest BCUT2D eigenvalue weighted by Crippen LogP contribution is -2.64. The first-order valence-electron chi connectivity index (χ1n) is 13.4. The number of aliphatic hydroxyl groups is 6. The van der Waals surface area contributed by atoms with Crippen LogP contribution in [-0.2, 0) is 14.2 Å². The second-order valence-electron chi connectivity index (χ2n) is 10.4. The average Bonchev–Trinajstić information content (AvgIpc) is 3.00. The van der Waals surface area contributed by atoms with Crippen molar-refractivity contribution in [2.75, 3.05) is 13.7 Å². The summed E-state index contributed by atoms with van der Waals surface area (Å²) in [4.78, 5) is 13.9. The maximum absolute atomic E-state index is 13.9. The summed E-state index contributed by atoms with van der Waals surface area (Å²) < 4.78 is 33.7. The van der Waals surface area contributed by atoms with Crippen molar-refractivity contribution in [2.45, 2.75) is 68.3 Å². The highest BCUT2D eigenvalue weighted by atomic mass is 16.8. The summed E-state index contributed by atoms with van der Waals surface area (Å²) in [5, 5.41) is 92.3. The van der Waals surface area contributed by atoms with Gasteiger partial charge in [0.1, 0.15) is 59.1 Å². The molecule has 16 heteroatoms. The molecule has 1 aromatic heterocycles. The number of rotatable bonds is 7. The van der Waals surface area contributed by atoms with E-state index in [1.807, 2.05) is 0 Å². The lowest BCUT2D eigenvalue weighted by atomic mass is 9.97. The van der Waals surface area contributed by atoms with Crippen LogP contribution in [0.15, 0.2) is 39.5 Å². The number of methoxy groups -OCH3 is 1. The van der Waals surface area contributed by atoms with Gasteiger partial charge < -0.3 is 74.1 Å². The van der Waals surface area contributed by atoms with Crippen molar-refractivity contribution < 1.29 is 74.1 Å². The van der Waals surface area contributed by atoms with E-state index in [2.05, 4.69) is 0 Å². The van der Waals surface area contributed by atoms with Crippen LogP contribution in [0.1, 0.15) is 6.92 Å². The number of phenols is 3. The van der Waals surface area contributed by atoms with Gasteiger partial charge in [0.05, 0.1) is 19.8 Å². The van der Waals surface area contributed by atoms with Crippen LogP contribution in [0.4, 0.5) is 0 Å². The van der Waals surface area contributed by atoms with Crippen molar-refractivity contribution in [1.29, 1.82) is 0 Å². The lowest BCUT2D eigenvalue weighted by molar-refractivity contribution is -0.354. The molecule has 2 fully saturated rings. The smallest absolute Gasteiger partial charge is 0.239 e. The number of hydrogen-bond acceptors (Lipinski definition) is 16. The summed E-state index contributed by atoms with van der Waals surface area (Å²) in [6, 6.07) is 5.88. The molecule has 16 nitrogen and oxygen atoms in total. The Morgan fingerprint density at radius 2 is 1.55 bits per heavy atom. The SMILES string of the molecule is COc1cc(O)c2c(=O)c(O[C@@H]3OC(CO)[C@@H](O)C(O)C3O[C@@H]3OC(C)[C@H](O)C(O)[C@@H]3O)c(-c3ccc(O)c(O)c3)oc2c1. The van der Waals surface area contributed by atoms with Crippen molar-refractivity contribution >= 4 is 11.0 Å². The molecular weight excluding hydrogens is 592 g/mol. The molecule has 0 spiro atoms. The van der Waals surface area contributed by atoms with Crippen molar-refractivity contribution in [2.24, 2.45) is 0 Å². The molecule has 2 aliphatic heterocycles. The molecule has 5 unspecified atom stereocenters. The quantitative estimate of drug-likeness (QED) is 0.137.